The van der Waals surface area contributed by atoms with Crippen LogP contribution in [0.1, 0.15) is 30.0 Å². The van der Waals surface area contributed by atoms with Crippen molar-refractivity contribution in [1.29, 1.82) is 0 Å². The van der Waals surface area contributed by atoms with E-state index in [1.165, 1.54) is 0 Å². The van der Waals surface area contributed by atoms with Crippen LogP contribution in [0.15, 0.2) is 39.8 Å². The molecule has 7 nitrogen and oxygen atoms in total. The van der Waals surface area contributed by atoms with Crippen molar-refractivity contribution in [1.82, 2.24) is 19.7 Å². The van der Waals surface area contributed by atoms with Crippen molar-refractivity contribution in [3.05, 3.63) is 47.3 Å². The zero-order valence-electron chi connectivity index (χ0n) is 16.2. The van der Waals surface area contributed by atoms with Crippen LogP contribution in [0.3, 0.4) is 0 Å². The summed E-state index contributed by atoms with van der Waals surface area (Å²) in [6.45, 7) is 10.6. The molecule has 0 spiro atoms. The third-order valence-electron chi connectivity index (χ3n) is 5.18. The van der Waals surface area contributed by atoms with Crippen LogP contribution in [0.5, 0.6) is 0 Å². The van der Waals surface area contributed by atoms with Crippen LogP contribution in [0, 0.1) is 13.8 Å². The molecule has 8 heteroatoms. The molecule has 1 aromatic carbocycles. The van der Waals surface area contributed by atoms with Gasteiger partial charge in [0, 0.05) is 38.8 Å². The summed E-state index contributed by atoms with van der Waals surface area (Å²) in [5.74, 6) is 0.313. The second-order valence-corrected chi connectivity index (χ2v) is 8.61. The van der Waals surface area contributed by atoms with Crippen LogP contribution in [0.25, 0.3) is 0 Å². The van der Waals surface area contributed by atoms with Crippen LogP contribution in [-0.2, 0) is 10.0 Å². The summed E-state index contributed by atoms with van der Waals surface area (Å²) < 4.78 is 33.4. The maximum Gasteiger partial charge on any atom is 0.246 e. The minimum atomic E-state index is -3.68. The maximum atomic E-state index is 12.8. The van der Waals surface area contributed by atoms with Gasteiger partial charge in [-0.2, -0.15) is 0 Å². The number of aryl methyl sites for hydroxylation is 2. The number of benzene rings is 1. The number of nitrogens with one attached hydrogen (secondary N) is 1. The number of aromatic nitrogens is 1. The fourth-order valence-corrected chi connectivity index (χ4v) is 5.01. The Morgan fingerprint density at radius 3 is 2.37 bits per heavy atom. The third kappa shape index (κ3) is 4.57. The standard InChI is InChI=1S/C19H28N4O3S/c1-4-22-10-12-23(13-11-22)18(17-8-6-5-7-9-17)14-20-27(24,25)19-15(2)21-26-16(19)3/h5-9,18,20H,4,10-14H2,1-3H3. The SMILES string of the molecule is CCN1CCN(C(CNS(=O)(=O)c2c(C)noc2C)c2ccccc2)CC1. The molecule has 1 fully saturated rings. The monoisotopic (exact) mass is 392 g/mol. The lowest BCUT2D eigenvalue weighted by Gasteiger charge is -2.39. The van der Waals surface area contributed by atoms with Crippen molar-refractivity contribution in [2.75, 3.05) is 39.3 Å². The van der Waals surface area contributed by atoms with Crippen molar-refractivity contribution in [3.63, 3.8) is 0 Å². The first-order chi connectivity index (χ1) is 12.9. The smallest absolute Gasteiger partial charge is 0.246 e. The van der Waals surface area contributed by atoms with Crippen molar-refractivity contribution in [2.24, 2.45) is 0 Å². The molecule has 3 rings (SSSR count). The fraction of sp³-hybridized carbons (Fsp3) is 0.526. The predicted molar refractivity (Wildman–Crippen MR) is 104 cm³/mol. The highest BCUT2D eigenvalue weighted by molar-refractivity contribution is 7.89. The van der Waals surface area contributed by atoms with Gasteiger partial charge in [0.15, 0.2) is 5.76 Å². The summed E-state index contributed by atoms with van der Waals surface area (Å²) in [5, 5.41) is 3.77. The van der Waals surface area contributed by atoms with E-state index in [0.29, 0.717) is 18.0 Å². The second kappa shape index (κ2) is 8.52. The topological polar surface area (TPSA) is 78.7 Å². The van der Waals surface area contributed by atoms with Gasteiger partial charge in [0.2, 0.25) is 10.0 Å². The highest BCUT2D eigenvalue weighted by Gasteiger charge is 2.29. The van der Waals surface area contributed by atoms with Gasteiger partial charge >= 0.3 is 0 Å². The van der Waals surface area contributed by atoms with Crippen LogP contribution in [0.4, 0.5) is 0 Å². The van der Waals surface area contributed by atoms with E-state index >= 15 is 0 Å². The molecule has 1 aliphatic rings. The number of rotatable bonds is 7. The van der Waals surface area contributed by atoms with E-state index in [4.69, 9.17) is 4.52 Å². The van der Waals surface area contributed by atoms with Gasteiger partial charge < -0.3 is 9.42 Å². The van der Waals surface area contributed by atoms with Gasteiger partial charge in [0.25, 0.3) is 0 Å². The van der Waals surface area contributed by atoms with Gasteiger partial charge in [-0.1, -0.05) is 42.4 Å². The van der Waals surface area contributed by atoms with Crippen LogP contribution >= 0.6 is 0 Å². The van der Waals surface area contributed by atoms with Gasteiger partial charge in [0.05, 0.1) is 0 Å². The first kappa shape index (κ1) is 20.0. The lowest BCUT2D eigenvalue weighted by atomic mass is 10.0. The summed E-state index contributed by atoms with van der Waals surface area (Å²) in [5.41, 5.74) is 1.50. The zero-order chi connectivity index (χ0) is 19.4. The molecule has 1 aliphatic heterocycles. The molecule has 148 valence electrons. The van der Waals surface area contributed by atoms with E-state index in [0.717, 1.165) is 38.3 Å². The number of hydrogen-bond acceptors (Lipinski definition) is 6. The quantitative estimate of drug-likeness (QED) is 0.776. The van der Waals surface area contributed by atoms with E-state index in [-0.39, 0.29) is 10.9 Å². The molecule has 0 radical (unpaired) electrons. The molecule has 1 atom stereocenters. The summed E-state index contributed by atoms with van der Waals surface area (Å²) in [6, 6.07) is 10.1. The molecule has 0 aliphatic carbocycles. The number of likely N-dealkylation sites (N-methyl/N-ethyl adjacent to an activating group) is 1. The van der Waals surface area contributed by atoms with E-state index in [9.17, 15) is 8.42 Å². The Balaban J connectivity index is 1.78. The molecule has 0 bridgehead atoms. The second-order valence-electron chi connectivity index (χ2n) is 6.90. The van der Waals surface area contributed by atoms with Crippen LogP contribution in [-0.4, -0.2) is 62.6 Å². The molecule has 1 aromatic heterocycles. The van der Waals surface area contributed by atoms with E-state index < -0.39 is 10.0 Å². The Labute approximate surface area is 161 Å². The van der Waals surface area contributed by atoms with E-state index in [2.05, 4.69) is 38.7 Å². The van der Waals surface area contributed by atoms with Crippen LogP contribution < -0.4 is 4.72 Å². The molecular formula is C19H28N4O3S. The summed E-state index contributed by atoms with van der Waals surface area (Å²) in [6.07, 6.45) is 0. The molecule has 2 aromatic rings. The number of hydrogen-bond donors (Lipinski definition) is 1. The molecule has 27 heavy (non-hydrogen) atoms. The Bertz CT molecular complexity index is 824. The van der Waals surface area contributed by atoms with Crippen molar-refractivity contribution < 1.29 is 12.9 Å². The summed E-state index contributed by atoms with van der Waals surface area (Å²) >= 11 is 0. The van der Waals surface area contributed by atoms with Gasteiger partial charge in [0.1, 0.15) is 10.6 Å². The molecule has 1 N–H and O–H groups in total. The number of piperazine rings is 1. The van der Waals surface area contributed by atoms with Gasteiger partial charge in [-0.3, -0.25) is 4.90 Å². The Hall–Kier alpha value is -1.74. The number of sulfonamides is 1. The summed E-state index contributed by atoms with van der Waals surface area (Å²) in [7, 11) is -3.68. The summed E-state index contributed by atoms with van der Waals surface area (Å²) in [4.78, 5) is 4.91. The van der Waals surface area contributed by atoms with Gasteiger partial charge in [-0.25, -0.2) is 13.1 Å². The van der Waals surface area contributed by atoms with E-state index in [1.807, 2.05) is 18.2 Å². The highest BCUT2D eigenvalue weighted by atomic mass is 32.2. The van der Waals surface area contributed by atoms with Crippen molar-refractivity contribution >= 4 is 10.0 Å². The zero-order valence-corrected chi connectivity index (χ0v) is 17.0. The van der Waals surface area contributed by atoms with E-state index in [1.54, 1.807) is 13.8 Å². The van der Waals surface area contributed by atoms with Crippen molar-refractivity contribution in [2.45, 2.75) is 31.7 Å². The molecule has 2 heterocycles. The molecular weight excluding hydrogens is 364 g/mol. The average molecular weight is 393 g/mol. The Morgan fingerprint density at radius 2 is 1.81 bits per heavy atom. The Kier molecular flexibility index (Phi) is 6.31. The molecule has 1 saturated heterocycles. The number of nitrogens with zero attached hydrogens (tertiary/aromatic N) is 3. The normalized spacial score (nSPS) is 17.9. The van der Waals surface area contributed by atoms with Gasteiger partial charge in [-0.05, 0) is 26.0 Å². The third-order valence-corrected chi connectivity index (χ3v) is 6.85. The minimum absolute atomic E-state index is 0.0135. The lowest BCUT2D eigenvalue weighted by Crippen LogP contribution is -2.49. The first-order valence-electron chi connectivity index (χ1n) is 9.36. The first-order valence-corrected chi connectivity index (χ1v) is 10.8. The average Bonchev–Trinajstić information content (AvgIpc) is 3.02. The highest BCUT2D eigenvalue weighted by Crippen LogP contribution is 2.24. The maximum absolute atomic E-state index is 12.8. The Morgan fingerprint density at radius 1 is 1.15 bits per heavy atom. The molecule has 1 unspecified atom stereocenters. The lowest BCUT2D eigenvalue weighted by molar-refractivity contribution is 0.100. The largest absolute Gasteiger partial charge is 0.360 e. The van der Waals surface area contributed by atoms with Crippen molar-refractivity contribution in [3.8, 4) is 0 Å². The van der Waals surface area contributed by atoms with Gasteiger partial charge in [-0.15, -0.1) is 0 Å². The molecule has 0 amide bonds. The van der Waals surface area contributed by atoms with Crippen LogP contribution in [0.2, 0.25) is 0 Å². The molecule has 0 saturated carbocycles. The predicted octanol–water partition coefficient (Wildman–Crippen LogP) is 1.95. The minimum Gasteiger partial charge on any atom is -0.360 e. The fourth-order valence-electron chi connectivity index (χ4n) is 3.64.